The molecule has 1 amide bonds. The number of carbonyl (C=O) groups excluding carboxylic acids is 1. The Bertz CT molecular complexity index is 989. The molecule has 3 rings (SSSR count). The summed E-state index contributed by atoms with van der Waals surface area (Å²) in [5.41, 5.74) is 5.63. The highest BCUT2D eigenvalue weighted by Gasteiger charge is 2.25. The number of rotatable bonds is 8. The van der Waals surface area contributed by atoms with Gasteiger partial charge in [0.1, 0.15) is 0 Å². The van der Waals surface area contributed by atoms with Crippen molar-refractivity contribution < 1.29 is 4.79 Å². The van der Waals surface area contributed by atoms with Gasteiger partial charge in [-0.25, -0.2) is 0 Å². The summed E-state index contributed by atoms with van der Waals surface area (Å²) in [6.07, 6.45) is 4.24. The molecule has 3 aromatic carbocycles. The molecule has 0 bridgehead atoms. The van der Waals surface area contributed by atoms with Crippen molar-refractivity contribution in [2.75, 3.05) is 19.0 Å². The smallest absolute Gasteiger partial charge is 0.228 e. The molecule has 3 aromatic rings. The minimum absolute atomic E-state index is 0.0482. The van der Waals surface area contributed by atoms with Crippen LogP contribution in [0.25, 0.3) is 6.08 Å². The van der Waals surface area contributed by atoms with Crippen LogP contribution in [0.3, 0.4) is 0 Å². The predicted octanol–water partition coefficient (Wildman–Crippen LogP) is 5.81. The maximum Gasteiger partial charge on any atom is 0.228 e. The fourth-order valence-corrected chi connectivity index (χ4v) is 3.62. The second-order valence-electron chi connectivity index (χ2n) is 8.30. The van der Waals surface area contributed by atoms with Crippen LogP contribution >= 0.6 is 0 Å². The molecule has 0 radical (unpaired) electrons. The maximum atomic E-state index is 13.2. The fourth-order valence-electron chi connectivity index (χ4n) is 3.62. The SMILES string of the molecule is Cc1ccc([C@@H](C(=O)NCc2ccccc2)[C@@H](C)/C=C/c2ccc(N(C)C)cc2)cc1. The topological polar surface area (TPSA) is 32.3 Å². The summed E-state index contributed by atoms with van der Waals surface area (Å²) in [4.78, 5) is 15.3. The third-order valence-electron chi connectivity index (χ3n) is 5.56. The van der Waals surface area contributed by atoms with E-state index in [-0.39, 0.29) is 17.7 Å². The van der Waals surface area contributed by atoms with Gasteiger partial charge in [0, 0.05) is 26.3 Å². The zero-order valence-corrected chi connectivity index (χ0v) is 18.9. The Labute approximate surface area is 186 Å². The summed E-state index contributed by atoms with van der Waals surface area (Å²) in [7, 11) is 4.07. The lowest BCUT2D eigenvalue weighted by molar-refractivity contribution is -0.123. The summed E-state index contributed by atoms with van der Waals surface area (Å²) in [5.74, 6) is -0.151. The summed E-state index contributed by atoms with van der Waals surface area (Å²) in [6.45, 7) is 4.71. The van der Waals surface area contributed by atoms with Crippen LogP contribution in [-0.2, 0) is 11.3 Å². The average molecular weight is 413 g/mol. The number of hydrogen-bond acceptors (Lipinski definition) is 2. The van der Waals surface area contributed by atoms with Crippen molar-refractivity contribution >= 4 is 17.7 Å². The number of nitrogens with zero attached hydrogens (tertiary/aromatic N) is 1. The molecule has 0 spiro atoms. The number of amides is 1. The largest absolute Gasteiger partial charge is 0.378 e. The first-order valence-corrected chi connectivity index (χ1v) is 10.8. The van der Waals surface area contributed by atoms with Crippen LogP contribution in [0.15, 0.2) is 84.9 Å². The van der Waals surface area contributed by atoms with Gasteiger partial charge < -0.3 is 10.2 Å². The third-order valence-corrected chi connectivity index (χ3v) is 5.56. The number of nitrogens with one attached hydrogen (secondary N) is 1. The minimum atomic E-state index is -0.249. The Morgan fingerprint density at radius 2 is 1.58 bits per heavy atom. The number of aryl methyl sites for hydroxylation is 1. The van der Waals surface area contributed by atoms with E-state index in [2.05, 4.69) is 84.7 Å². The van der Waals surface area contributed by atoms with Gasteiger partial charge in [0.25, 0.3) is 0 Å². The van der Waals surface area contributed by atoms with Gasteiger partial charge in [-0.3, -0.25) is 4.79 Å². The second-order valence-corrected chi connectivity index (χ2v) is 8.30. The van der Waals surface area contributed by atoms with E-state index >= 15 is 0 Å². The van der Waals surface area contributed by atoms with E-state index in [9.17, 15) is 4.79 Å². The van der Waals surface area contributed by atoms with Gasteiger partial charge in [-0.1, -0.05) is 91.4 Å². The molecule has 0 unspecified atom stereocenters. The Morgan fingerprint density at radius 1 is 0.935 bits per heavy atom. The molecule has 0 saturated carbocycles. The maximum absolute atomic E-state index is 13.2. The Balaban J connectivity index is 1.77. The van der Waals surface area contributed by atoms with Crippen LogP contribution < -0.4 is 10.2 Å². The van der Waals surface area contributed by atoms with Gasteiger partial charge in [0.2, 0.25) is 5.91 Å². The molecule has 3 heteroatoms. The molecular weight excluding hydrogens is 380 g/mol. The van der Waals surface area contributed by atoms with Crippen LogP contribution in [0.1, 0.15) is 35.1 Å². The minimum Gasteiger partial charge on any atom is -0.378 e. The van der Waals surface area contributed by atoms with Crippen LogP contribution in [0.4, 0.5) is 5.69 Å². The highest BCUT2D eigenvalue weighted by atomic mass is 16.1. The molecule has 0 saturated heterocycles. The van der Waals surface area contributed by atoms with Gasteiger partial charge in [0.15, 0.2) is 0 Å². The van der Waals surface area contributed by atoms with Crippen molar-refractivity contribution in [3.05, 3.63) is 107 Å². The quantitative estimate of drug-likeness (QED) is 0.506. The lowest BCUT2D eigenvalue weighted by Crippen LogP contribution is -2.32. The highest BCUT2D eigenvalue weighted by molar-refractivity contribution is 5.84. The van der Waals surface area contributed by atoms with E-state index in [1.165, 1.54) is 11.3 Å². The highest BCUT2D eigenvalue weighted by Crippen LogP contribution is 2.27. The van der Waals surface area contributed by atoms with Crippen LogP contribution in [0.5, 0.6) is 0 Å². The van der Waals surface area contributed by atoms with E-state index in [1.54, 1.807) is 0 Å². The number of allylic oxidation sites excluding steroid dienone is 1. The van der Waals surface area contributed by atoms with Crippen molar-refractivity contribution in [2.45, 2.75) is 26.3 Å². The normalized spacial score (nSPS) is 13.0. The molecule has 0 fully saturated rings. The molecule has 160 valence electrons. The zero-order chi connectivity index (χ0) is 22.2. The number of hydrogen-bond donors (Lipinski definition) is 1. The van der Waals surface area contributed by atoms with Crippen LogP contribution in [0, 0.1) is 12.8 Å². The van der Waals surface area contributed by atoms with E-state index < -0.39 is 0 Å². The first kappa shape index (κ1) is 22.4. The van der Waals surface area contributed by atoms with E-state index in [1.807, 2.05) is 44.4 Å². The van der Waals surface area contributed by atoms with Crippen molar-refractivity contribution in [1.82, 2.24) is 5.32 Å². The number of carbonyl (C=O) groups is 1. The molecular formula is C28H32N2O. The Hall–Kier alpha value is -3.33. The van der Waals surface area contributed by atoms with E-state index in [0.29, 0.717) is 6.54 Å². The Kier molecular flexibility index (Phi) is 7.66. The van der Waals surface area contributed by atoms with Gasteiger partial charge in [-0.05, 0) is 41.7 Å². The molecule has 0 aliphatic heterocycles. The molecule has 2 atom stereocenters. The predicted molar refractivity (Wildman–Crippen MR) is 131 cm³/mol. The van der Waals surface area contributed by atoms with E-state index in [4.69, 9.17) is 0 Å². The van der Waals surface area contributed by atoms with E-state index in [0.717, 1.165) is 16.7 Å². The van der Waals surface area contributed by atoms with Gasteiger partial charge in [-0.2, -0.15) is 0 Å². The molecule has 31 heavy (non-hydrogen) atoms. The molecule has 0 heterocycles. The summed E-state index contributed by atoms with van der Waals surface area (Å²) < 4.78 is 0. The summed E-state index contributed by atoms with van der Waals surface area (Å²) in [6, 6.07) is 26.7. The Morgan fingerprint density at radius 3 is 2.19 bits per heavy atom. The monoisotopic (exact) mass is 412 g/mol. The lowest BCUT2D eigenvalue weighted by Gasteiger charge is -2.22. The fraction of sp³-hybridized carbons (Fsp3) is 0.250. The number of benzene rings is 3. The zero-order valence-electron chi connectivity index (χ0n) is 18.9. The summed E-state index contributed by atoms with van der Waals surface area (Å²) >= 11 is 0. The van der Waals surface area contributed by atoms with Crippen molar-refractivity contribution in [1.29, 1.82) is 0 Å². The second kappa shape index (κ2) is 10.6. The van der Waals surface area contributed by atoms with Crippen molar-refractivity contribution in [2.24, 2.45) is 5.92 Å². The van der Waals surface area contributed by atoms with Crippen LogP contribution in [-0.4, -0.2) is 20.0 Å². The van der Waals surface area contributed by atoms with Crippen LogP contribution in [0.2, 0.25) is 0 Å². The average Bonchev–Trinajstić information content (AvgIpc) is 2.78. The van der Waals surface area contributed by atoms with Gasteiger partial charge in [-0.15, -0.1) is 0 Å². The summed E-state index contributed by atoms with van der Waals surface area (Å²) in [5, 5.41) is 3.13. The first-order valence-electron chi connectivity index (χ1n) is 10.8. The van der Waals surface area contributed by atoms with Crippen molar-refractivity contribution in [3.8, 4) is 0 Å². The lowest BCUT2D eigenvalue weighted by atomic mass is 9.85. The molecule has 0 aliphatic rings. The standard InChI is InChI=1S/C28H32N2O/c1-21-10-16-25(17-11-21)27(28(31)29-20-24-8-6-5-7-9-24)22(2)12-13-23-14-18-26(19-15-23)30(3)4/h5-19,22,27H,20H2,1-4H3,(H,29,31)/b13-12+/t22-,27-/m0/s1. The van der Waals surface area contributed by atoms with Crippen molar-refractivity contribution in [3.63, 3.8) is 0 Å². The molecule has 0 aromatic heterocycles. The molecule has 1 N–H and O–H groups in total. The molecule has 3 nitrogen and oxygen atoms in total. The molecule has 0 aliphatic carbocycles. The van der Waals surface area contributed by atoms with Gasteiger partial charge in [0.05, 0.1) is 5.92 Å². The van der Waals surface area contributed by atoms with Gasteiger partial charge >= 0.3 is 0 Å². The third kappa shape index (κ3) is 6.32. The number of anilines is 1. The first-order chi connectivity index (χ1) is 14.9.